The topological polar surface area (TPSA) is 30.2 Å². The van der Waals surface area contributed by atoms with Gasteiger partial charge in [-0.3, -0.25) is 4.79 Å². The highest BCUT2D eigenvalue weighted by Crippen LogP contribution is 2.18. The lowest BCUT2D eigenvalue weighted by Gasteiger charge is -2.02. The van der Waals surface area contributed by atoms with E-state index in [-0.39, 0.29) is 5.43 Å². The van der Waals surface area contributed by atoms with Gasteiger partial charge in [-0.15, -0.1) is 0 Å². The maximum Gasteiger partial charge on any atom is 0.192 e. The Morgan fingerprint density at radius 2 is 2.12 bits per heavy atom. The Labute approximate surface area is 98.8 Å². The fraction of sp³-hybridized carbons (Fsp3) is 0.308. The Hall–Kier alpha value is -1.28. The summed E-state index contributed by atoms with van der Waals surface area (Å²) >= 11 is 5.83. The van der Waals surface area contributed by atoms with Crippen LogP contribution in [0.5, 0.6) is 0 Å². The summed E-state index contributed by atoms with van der Waals surface area (Å²) in [7, 11) is 0. The van der Waals surface area contributed by atoms with E-state index in [0.717, 1.165) is 25.0 Å². The van der Waals surface area contributed by atoms with Gasteiger partial charge in [-0.1, -0.05) is 24.9 Å². The number of unbranched alkanes of at least 4 members (excludes halogenated alkanes) is 1. The standard InChI is InChI=1S/C13H13ClO2/c1-2-3-4-10-8-12(15)11-7-9(14)5-6-13(11)16-10/h5-8H,2-4H2,1H3. The number of aryl methyl sites for hydroxylation is 1. The third-order valence-corrected chi connectivity index (χ3v) is 2.75. The van der Waals surface area contributed by atoms with Gasteiger partial charge in [0.1, 0.15) is 11.3 Å². The molecule has 0 amide bonds. The number of hydrogen-bond acceptors (Lipinski definition) is 2. The molecule has 0 unspecified atom stereocenters. The number of benzene rings is 1. The van der Waals surface area contributed by atoms with E-state index in [1.165, 1.54) is 0 Å². The summed E-state index contributed by atoms with van der Waals surface area (Å²) < 4.78 is 5.64. The molecule has 0 bridgehead atoms. The molecule has 0 aliphatic heterocycles. The minimum atomic E-state index is -0.0187. The Morgan fingerprint density at radius 1 is 1.31 bits per heavy atom. The van der Waals surface area contributed by atoms with Gasteiger partial charge in [0.2, 0.25) is 0 Å². The molecule has 0 spiro atoms. The van der Waals surface area contributed by atoms with Crippen molar-refractivity contribution in [3.63, 3.8) is 0 Å². The molecule has 1 aromatic heterocycles. The molecule has 1 aromatic carbocycles. The predicted octanol–water partition coefficient (Wildman–Crippen LogP) is 3.79. The summed E-state index contributed by atoms with van der Waals surface area (Å²) in [5.41, 5.74) is 0.595. The van der Waals surface area contributed by atoms with Crippen LogP contribution in [0.25, 0.3) is 11.0 Å². The first-order valence-corrected chi connectivity index (χ1v) is 5.81. The summed E-state index contributed by atoms with van der Waals surface area (Å²) in [6.07, 6.45) is 2.93. The molecule has 0 atom stereocenters. The number of halogens is 1. The van der Waals surface area contributed by atoms with Crippen LogP contribution in [0.2, 0.25) is 5.02 Å². The lowest BCUT2D eigenvalue weighted by atomic mass is 10.1. The van der Waals surface area contributed by atoms with Crippen LogP contribution in [0.3, 0.4) is 0 Å². The Kier molecular flexibility index (Phi) is 3.30. The van der Waals surface area contributed by atoms with Crippen LogP contribution in [0, 0.1) is 0 Å². The van der Waals surface area contributed by atoms with Crippen LogP contribution in [-0.4, -0.2) is 0 Å². The smallest absolute Gasteiger partial charge is 0.192 e. The highest BCUT2D eigenvalue weighted by atomic mass is 35.5. The molecule has 2 rings (SSSR count). The van der Waals surface area contributed by atoms with Crippen molar-refractivity contribution in [3.05, 3.63) is 45.3 Å². The molecule has 0 saturated heterocycles. The van der Waals surface area contributed by atoms with Gasteiger partial charge < -0.3 is 4.42 Å². The maximum absolute atomic E-state index is 11.8. The highest BCUT2D eigenvalue weighted by molar-refractivity contribution is 6.31. The Morgan fingerprint density at radius 3 is 2.88 bits per heavy atom. The third kappa shape index (κ3) is 2.27. The van der Waals surface area contributed by atoms with Gasteiger partial charge in [0.25, 0.3) is 0 Å². The van der Waals surface area contributed by atoms with Crippen molar-refractivity contribution in [2.24, 2.45) is 0 Å². The van der Waals surface area contributed by atoms with E-state index in [1.54, 1.807) is 24.3 Å². The third-order valence-electron chi connectivity index (χ3n) is 2.52. The first-order valence-electron chi connectivity index (χ1n) is 5.43. The van der Waals surface area contributed by atoms with Crippen molar-refractivity contribution in [2.75, 3.05) is 0 Å². The average molecular weight is 237 g/mol. The molecule has 0 radical (unpaired) electrons. The van der Waals surface area contributed by atoms with Crippen LogP contribution >= 0.6 is 11.6 Å². The first kappa shape index (κ1) is 11.2. The van der Waals surface area contributed by atoms with Gasteiger partial charge in [-0.25, -0.2) is 0 Å². The zero-order valence-corrected chi connectivity index (χ0v) is 9.88. The summed E-state index contributed by atoms with van der Waals surface area (Å²) in [4.78, 5) is 11.8. The zero-order valence-electron chi connectivity index (χ0n) is 9.13. The molecule has 0 saturated carbocycles. The summed E-state index contributed by atoms with van der Waals surface area (Å²) in [6.45, 7) is 2.11. The minimum Gasteiger partial charge on any atom is -0.461 e. The van der Waals surface area contributed by atoms with E-state index in [1.807, 2.05) is 0 Å². The second-order valence-electron chi connectivity index (χ2n) is 3.82. The van der Waals surface area contributed by atoms with E-state index >= 15 is 0 Å². The molecule has 0 N–H and O–H groups in total. The van der Waals surface area contributed by atoms with Crippen molar-refractivity contribution in [1.82, 2.24) is 0 Å². The van der Waals surface area contributed by atoms with Crippen molar-refractivity contribution >= 4 is 22.6 Å². The number of rotatable bonds is 3. The molecular formula is C13H13ClO2. The SMILES string of the molecule is CCCCc1cc(=O)c2cc(Cl)ccc2o1. The predicted molar refractivity (Wildman–Crippen MR) is 66.1 cm³/mol. The highest BCUT2D eigenvalue weighted by Gasteiger charge is 2.04. The Bertz CT molecular complexity index is 557. The van der Waals surface area contributed by atoms with Crippen molar-refractivity contribution in [3.8, 4) is 0 Å². The normalized spacial score (nSPS) is 10.9. The van der Waals surface area contributed by atoms with Crippen molar-refractivity contribution in [1.29, 1.82) is 0 Å². The number of hydrogen-bond donors (Lipinski definition) is 0. The second-order valence-corrected chi connectivity index (χ2v) is 4.26. The summed E-state index contributed by atoms with van der Waals surface area (Å²) in [6, 6.07) is 6.69. The molecule has 2 aromatic rings. The van der Waals surface area contributed by atoms with Crippen LogP contribution in [-0.2, 0) is 6.42 Å². The fourth-order valence-electron chi connectivity index (χ4n) is 1.65. The summed E-state index contributed by atoms with van der Waals surface area (Å²) in [5, 5.41) is 1.11. The first-order chi connectivity index (χ1) is 7.70. The Balaban J connectivity index is 2.51. The molecule has 1 heterocycles. The van der Waals surface area contributed by atoms with Gasteiger partial charge in [-0.05, 0) is 24.6 Å². The van der Waals surface area contributed by atoms with Gasteiger partial charge in [0.05, 0.1) is 5.39 Å². The molecular weight excluding hydrogens is 224 g/mol. The average Bonchev–Trinajstić information content (AvgIpc) is 2.27. The van der Waals surface area contributed by atoms with E-state index in [9.17, 15) is 4.79 Å². The molecule has 2 nitrogen and oxygen atoms in total. The van der Waals surface area contributed by atoms with Crippen LogP contribution in [0.15, 0.2) is 33.5 Å². The molecule has 0 aliphatic carbocycles. The quantitative estimate of drug-likeness (QED) is 0.812. The lowest BCUT2D eigenvalue weighted by Crippen LogP contribution is -2.02. The largest absolute Gasteiger partial charge is 0.461 e. The summed E-state index contributed by atoms with van der Waals surface area (Å²) in [5.74, 6) is 0.752. The van der Waals surface area contributed by atoms with Crippen LogP contribution in [0.1, 0.15) is 25.5 Å². The monoisotopic (exact) mass is 236 g/mol. The second kappa shape index (κ2) is 4.71. The van der Waals surface area contributed by atoms with Gasteiger partial charge >= 0.3 is 0 Å². The van der Waals surface area contributed by atoms with E-state index in [0.29, 0.717) is 16.0 Å². The van der Waals surface area contributed by atoms with Crippen molar-refractivity contribution in [2.45, 2.75) is 26.2 Å². The molecule has 84 valence electrons. The van der Waals surface area contributed by atoms with Crippen molar-refractivity contribution < 1.29 is 4.42 Å². The van der Waals surface area contributed by atoms with E-state index in [4.69, 9.17) is 16.0 Å². The molecule has 3 heteroatoms. The van der Waals surface area contributed by atoms with Gasteiger partial charge in [-0.2, -0.15) is 0 Å². The van der Waals surface area contributed by atoms with Gasteiger partial charge in [0, 0.05) is 17.5 Å². The molecule has 0 aliphatic rings. The maximum atomic E-state index is 11.8. The van der Waals surface area contributed by atoms with E-state index in [2.05, 4.69) is 6.92 Å². The van der Waals surface area contributed by atoms with Crippen LogP contribution < -0.4 is 5.43 Å². The molecule has 16 heavy (non-hydrogen) atoms. The number of fused-ring (bicyclic) bond motifs is 1. The minimum absolute atomic E-state index is 0.0187. The zero-order chi connectivity index (χ0) is 11.5. The molecule has 0 fully saturated rings. The fourth-order valence-corrected chi connectivity index (χ4v) is 1.82. The van der Waals surface area contributed by atoms with Crippen LogP contribution in [0.4, 0.5) is 0 Å². The lowest BCUT2D eigenvalue weighted by molar-refractivity contribution is 0.524. The van der Waals surface area contributed by atoms with Gasteiger partial charge in [0.15, 0.2) is 5.43 Å². The van der Waals surface area contributed by atoms with E-state index < -0.39 is 0 Å².